The maximum Gasteiger partial charge on any atom is 2.00 e. The van der Waals surface area contributed by atoms with E-state index in [0.717, 1.165) is 0 Å². The molecule has 0 aromatic heterocycles. The van der Waals surface area contributed by atoms with E-state index in [1.807, 2.05) is 0 Å². The summed E-state index contributed by atoms with van der Waals surface area (Å²) in [6.07, 6.45) is 0. The zero-order valence-corrected chi connectivity index (χ0v) is 4.44. The molecule has 0 aliphatic rings. The molecule has 0 saturated carbocycles. The average Bonchev–Trinajstić information content (AvgIpc) is 1.39. The molecule has 0 aromatic carbocycles. The van der Waals surface area contributed by atoms with Crippen molar-refractivity contribution in [2.75, 3.05) is 0 Å². The van der Waals surface area contributed by atoms with Crippen molar-refractivity contribution in [1.29, 1.82) is 0 Å². The van der Waals surface area contributed by atoms with E-state index in [-0.39, 0.29) is 17.4 Å². The van der Waals surface area contributed by atoms with Gasteiger partial charge in [-0.05, 0) is 0 Å². The number of aliphatic hydroxyl groups excluding tert-OH is 2. The second-order valence-electron chi connectivity index (χ2n) is 0.183. The molecule has 7 heavy (non-hydrogen) atoms. The second-order valence-corrected chi connectivity index (χ2v) is 0.183. The van der Waals surface area contributed by atoms with Gasteiger partial charge in [0.15, 0.2) is 0 Å². The molecule has 0 spiro atoms. The Morgan fingerprint density at radius 2 is 1.00 bits per heavy atom. The Bertz CT molecular complexity index is 30.7. The van der Waals surface area contributed by atoms with Crippen LogP contribution in [-0.4, -0.2) is 40.5 Å². The molecule has 0 fully saturated rings. The van der Waals surface area contributed by atoms with E-state index in [1.54, 1.807) is 0 Å². The second kappa shape index (κ2) is 50.5. The molecular formula is C2H2AlO4. The molecule has 0 rings (SSSR count). The molecule has 0 saturated heterocycles. The molecule has 2 N–H and O–H groups in total. The fraction of sp³-hybridized carbons (Fsp3) is 0. The smallest absolute Gasteiger partial charge is 0.665 e. The van der Waals surface area contributed by atoms with Crippen molar-refractivity contribution in [1.82, 2.24) is 0 Å². The summed E-state index contributed by atoms with van der Waals surface area (Å²) in [6, 6.07) is 0. The van der Waals surface area contributed by atoms with Gasteiger partial charge in [0.2, 0.25) is 0 Å². The Labute approximate surface area is 50.9 Å². The fourth-order valence-electron chi connectivity index (χ4n) is 0. The van der Waals surface area contributed by atoms with E-state index in [9.17, 15) is 0 Å². The van der Waals surface area contributed by atoms with E-state index < -0.39 is 0 Å². The van der Waals surface area contributed by atoms with Crippen molar-refractivity contribution in [3.63, 3.8) is 0 Å². The van der Waals surface area contributed by atoms with Gasteiger partial charge in [-0.25, -0.2) is 0 Å². The molecule has 0 aliphatic heterocycles. The average molecular weight is 117 g/mol. The van der Waals surface area contributed by atoms with Crippen LogP contribution in [-0.2, 0) is 9.59 Å². The number of hydrogen-bond acceptors (Lipinski definition) is 2. The summed E-state index contributed by atoms with van der Waals surface area (Å²) in [7, 11) is 0. The first-order valence-corrected chi connectivity index (χ1v) is 0.855. The minimum atomic E-state index is 0. The molecule has 37 valence electrons. The molecule has 5 heteroatoms. The van der Waals surface area contributed by atoms with Crippen LogP contribution >= 0.6 is 0 Å². The summed E-state index contributed by atoms with van der Waals surface area (Å²) in [5.74, 6) is 0. The summed E-state index contributed by atoms with van der Waals surface area (Å²) in [4.78, 5) is 16.5. The summed E-state index contributed by atoms with van der Waals surface area (Å²) in [5, 5.41) is 13.5. The summed E-state index contributed by atoms with van der Waals surface area (Å²) >= 11 is 0. The third-order valence-electron chi connectivity index (χ3n) is 0. The first kappa shape index (κ1) is 16.1. The van der Waals surface area contributed by atoms with Crippen molar-refractivity contribution in [3.8, 4) is 0 Å². The quantitative estimate of drug-likeness (QED) is 0.310. The van der Waals surface area contributed by atoms with E-state index >= 15 is 0 Å². The van der Waals surface area contributed by atoms with Gasteiger partial charge >= 0.3 is 17.4 Å². The summed E-state index contributed by atoms with van der Waals surface area (Å²) < 4.78 is 0. The van der Waals surface area contributed by atoms with Crippen LogP contribution in [0.2, 0.25) is 0 Å². The normalized spacial score (nSPS) is 3.43. The molecule has 0 heterocycles. The molecule has 1 radical (unpaired) electrons. The van der Waals surface area contributed by atoms with Crippen LogP contribution in [0.5, 0.6) is 0 Å². The molecule has 0 aliphatic carbocycles. The molecule has 0 unspecified atom stereocenters. The van der Waals surface area contributed by atoms with Crippen LogP contribution in [0.3, 0.4) is 0 Å². The van der Waals surface area contributed by atoms with Crippen molar-refractivity contribution in [2.45, 2.75) is 0 Å². The topological polar surface area (TPSA) is 74.6 Å². The third kappa shape index (κ3) is 237. The third-order valence-corrected chi connectivity index (χ3v) is 0. The zero-order valence-electron chi connectivity index (χ0n) is 3.29. The van der Waals surface area contributed by atoms with Crippen LogP contribution in [0.1, 0.15) is 0 Å². The summed E-state index contributed by atoms with van der Waals surface area (Å²) in [6.45, 7) is 1.00. The van der Waals surface area contributed by atoms with Crippen LogP contribution in [0.25, 0.3) is 0 Å². The van der Waals surface area contributed by atoms with E-state index in [2.05, 4.69) is 0 Å². The van der Waals surface area contributed by atoms with Gasteiger partial charge in [-0.15, -0.1) is 0 Å². The van der Waals surface area contributed by atoms with Gasteiger partial charge in [0.1, 0.15) is 0 Å². The van der Waals surface area contributed by atoms with Crippen molar-refractivity contribution < 1.29 is 19.8 Å². The molecule has 0 bridgehead atoms. The maximum absolute atomic E-state index is 8.24. The van der Waals surface area contributed by atoms with Crippen LogP contribution in [0.4, 0.5) is 0 Å². The molecule has 0 atom stereocenters. The van der Waals surface area contributed by atoms with Gasteiger partial charge in [0.05, 0.1) is 0 Å². The number of hydrogen-bond donors (Lipinski definition) is 2. The van der Waals surface area contributed by atoms with Crippen LogP contribution < -0.4 is 0 Å². The molecule has 0 aromatic rings. The van der Waals surface area contributed by atoms with Gasteiger partial charge in [-0.2, -0.15) is 0 Å². The molecule has 4 nitrogen and oxygen atoms in total. The first-order chi connectivity index (χ1) is 2.83. The van der Waals surface area contributed by atoms with Gasteiger partial charge < -0.3 is 19.8 Å². The predicted molar refractivity (Wildman–Crippen MR) is 22.4 cm³/mol. The Morgan fingerprint density at radius 1 is 1.00 bits per heavy atom. The maximum atomic E-state index is 8.24. The predicted octanol–water partition coefficient (Wildman–Crippen LogP) is -1.16. The monoisotopic (exact) mass is 117 g/mol. The summed E-state index contributed by atoms with van der Waals surface area (Å²) in [5.41, 5.74) is 0. The minimum Gasteiger partial charge on any atom is -0.665 e. The van der Waals surface area contributed by atoms with Gasteiger partial charge in [-0.3, -0.25) is 0 Å². The van der Waals surface area contributed by atoms with Crippen LogP contribution in [0.15, 0.2) is 0 Å². The molecular weight excluding hydrogens is 115 g/mol. The van der Waals surface area contributed by atoms with Gasteiger partial charge in [0, 0.05) is 0 Å². The van der Waals surface area contributed by atoms with Crippen molar-refractivity contribution in [2.24, 2.45) is 0 Å². The van der Waals surface area contributed by atoms with Crippen molar-refractivity contribution in [3.05, 3.63) is 0 Å². The SMILES string of the molecule is O=[C-]O.O=[C-]O.[Al+2]. The Morgan fingerprint density at radius 3 is 1.00 bits per heavy atom. The van der Waals surface area contributed by atoms with Crippen LogP contribution in [0, 0.1) is 0 Å². The number of rotatable bonds is 0. The Kier molecular flexibility index (Phi) is 116. The Balaban J connectivity index is -0.0000000400. The van der Waals surface area contributed by atoms with Gasteiger partial charge in [0.25, 0.3) is 0 Å². The van der Waals surface area contributed by atoms with E-state index in [4.69, 9.17) is 19.8 Å². The van der Waals surface area contributed by atoms with E-state index in [1.165, 1.54) is 0 Å². The van der Waals surface area contributed by atoms with E-state index in [0.29, 0.717) is 12.9 Å². The molecule has 0 amide bonds. The minimum absolute atomic E-state index is 0. The largest absolute Gasteiger partial charge is 2.00 e. The fourth-order valence-corrected chi connectivity index (χ4v) is 0. The first-order valence-electron chi connectivity index (χ1n) is 0.855. The van der Waals surface area contributed by atoms with Crippen molar-refractivity contribution >= 4 is 30.3 Å². The standard InChI is InChI=1S/2CHO2.Al/c2*2-1-3;/h2*(H,2,3);/q2*-1;+2. The Hall–Kier alpha value is -0.528. The zero-order chi connectivity index (χ0) is 5.41. The van der Waals surface area contributed by atoms with Gasteiger partial charge in [-0.1, -0.05) is 12.9 Å².